The molecule has 0 atom stereocenters. The van der Waals surface area contributed by atoms with Crippen molar-refractivity contribution in [2.45, 2.75) is 39.5 Å². The molecule has 5 nitrogen and oxygen atoms in total. The fourth-order valence-electron chi connectivity index (χ4n) is 4.43. The third-order valence-corrected chi connectivity index (χ3v) is 6.88. The van der Waals surface area contributed by atoms with E-state index < -0.39 is 0 Å². The van der Waals surface area contributed by atoms with E-state index in [1.807, 2.05) is 38.1 Å². The van der Waals surface area contributed by atoms with E-state index in [0.29, 0.717) is 5.13 Å². The number of hydrogen-bond acceptors (Lipinski definition) is 5. The fraction of sp³-hybridized carbons (Fsp3) is 0.280. The summed E-state index contributed by atoms with van der Waals surface area (Å²) in [7, 11) is 1.66. The number of amides is 1. The molecule has 2 aromatic heterocycles. The van der Waals surface area contributed by atoms with Gasteiger partial charge in [-0.3, -0.25) is 10.1 Å². The Morgan fingerprint density at radius 3 is 2.87 bits per heavy atom. The Hall–Kier alpha value is -3.12. The molecule has 31 heavy (non-hydrogen) atoms. The monoisotopic (exact) mass is 432 g/mol. The van der Waals surface area contributed by atoms with E-state index in [9.17, 15) is 4.79 Å². The molecule has 2 heterocycles. The number of methoxy groups -OCH3 is 1. The second-order valence-electron chi connectivity index (χ2n) is 7.97. The van der Waals surface area contributed by atoms with Gasteiger partial charge in [-0.05, 0) is 56.9 Å². The summed E-state index contributed by atoms with van der Waals surface area (Å²) in [6, 6.07) is 9.97. The molecule has 1 amide bonds. The molecule has 0 unspecified atom stereocenters. The van der Waals surface area contributed by atoms with Crippen molar-refractivity contribution in [3.63, 3.8) is 0 Å². The number of furan rings is 1. The van der Waals surface area contributed by atoms with Crippen molar-refractivity contribution >= 4 is 49.1 Å². The van der Waals surface area contributed by atoms with Crippen LogP contribution in [0.2, 0.25) is 0 Å². The number of anilines is 1. The van der Waals surface area contributed by atoms with E-state index in [0.717, 1.165) is 62.2 Å². The van der Waals surface area contributed by atoms with Crippen molar-refractivity contribution in [3.8, 4) is 5.75 Å². The van der Waals surface area contributed by atoms with E-state index in [1.165, 1.54) is 29.7 Å². The van der Waals surface area contributed by atoms with Gasteiger partial charge in [0.2, 0.25) is 5.91 Å². The van der Waals surface area contributed by atoms with Crippen molar-refractivity contribution in [2.75, 3.05) is 12.4 Å². The Labute approximate surface area is 184 Å². The quantitative estimate of drug-likeness (QED) is 0.386. The van der Waals surface area contributed by atoms with Gasteiger partial charge in [-0.1, -0.05) is 23.5 Å². The number of benzene rings is 2. The van der Waals surface area contributed by atoms with E-state index >= 15 is 0 Å². The molecule has 0 spiro atoms. The van der Waals surface area contributed by atoms with Crippen LogP contribution in [0.3, 0.4) is 0 Å². The highest BCUT2D eigenvalue weighted by Crippen LogP contribution is 2.41. The first-order valence-corrected chi connectivity index (χ1v) is 11.3. The third-order valence-electron chi connectivity index (χ3n) is 5.93. The molecule has 4 aromatic rings. The standard InChI is InChI=1S/C25H24N2O3S/c1-14(12-22(28)27-25-26-19-9-5-7-11-21(19)31-25)17-13-18-16-8-4-6-10-20(16)30-24(18)15(2)23(17)29-3/h5,7,9,11-13H,4,6,8,10H2,1-3H3,(H,26,27,28)/b14-12+. The number of nitrogens with zero attached hydrogens (tertiary/aromatic N) is 1. The topological polar surface area (TPSA) is 64.4 Å². The molecule has 0 fully saturated rings. The number of fused-ring (bicyclic) bond motifs is 4. The van der Waals surface area contributed by atoms with Gasteiger partial charge in [0.15, 0.2) is 5.13 Å². The summed E-state index contributed by atoms with van der Waals surface area (Å²) in [5.41, 5.74) is 5.83. The number of rotatable bonds is 4. The first kappa shape index (κ1) is 19.8. The molecule has 1 N–H and O–H groups in total. The highest BCUT2D eigenvalue weighted by Gasteiger charge is 2.23. The minimum atomic E-state index is -0.203. The second kappa shape index (κ2) is 7.85. The average molecular weight is 433 g/mol. The van der Waals surface area contributed by atoms with Crippen LogP contribution < -0.4 is 10.1 Å². The highest BCUT2D eigenvalue weighted by atomic mass is 32.1. The Bertz CT molecular complexity index is 1310. The number of para-hydroxylation sites is 1. The molecule has 0 saturated carbocycles. The first-order chi connectivity index (χ1) is 15.0. The molecule has 2 aromatic carbocycles. The second-order valence-corrected chi connectivity index (χ2v) is 9.00. The normalized spacial score (nSPS) is 14.1. The van der Waals surface area contributed by atoms with Crippen LogP contribution in [-0.2, 0) is 17.6 Å². The van der Waals surface area contributed by atoms with Crippen LogP contribution in [0, 0.1) is 6.92 Å². The van der Waals surface area contributed by atoms with E-state index in [-0.39, 0.29) is 5.91 Å². The van der Waals surface area contributed by atoms with Crippen molar-refractivity contribution in [3.05, 3.63) is 58.9 Å². The first-order valence-electron chi connectivity index (χ1n) is 10.5. The molecular formula is C25H24N2O3S. The number of allylic oxidation sites excluding steroid dienone is 1. The van der Waals surface area contributed by atoms with Gasteiger partial charge in [0.25, 0.3) is 0 Å². The van der Waals surface area contributed by atoms with Crippen LogP contribution in [0.15, 0.2) is 40.8 Å². The summed E-state index contributed by atoms with van der Waals surface area (Å²) in [6.07, 6.45) is 5.98. The lowest BCUT2D eigenvalue weighted by Crippen LogP contribution is -2.08. The lowest BCUT2D eigenvalue weighted by Gasteiger charge is -2.13. The minimum Gasteiger partial charge on any atom is -0.496 e. The molecule has 5 rings (SSSR count). The fourth-order valence-corrected chi connectivity index (χ4v) is 5.30. The predicted molar refractivity (Wildman–Crippen MR) is 126 cm³/mol. The van der Waals surface area contributed by atoms with Gasteiger partial charge in [-0.2, -0.15) is 0 Å². The molecule has 1 aliphatic rings. The lowest BCUT2D eigenvalue weighted by molar-refractivity contribution is -0.111. The van der Waals surface area contributed by atoms with Gasteiger partial charge >= 0.3 is 0 Å². The summed E-state index contributed by atoms with van der Waals surface area (Å²) in [4.78, 5) is 17.2. The van der Waals surface area contributed by atoms with E-state index in [4.69, 9.17) is 9.15 Å². The largest absolute Gasteiger partial charge is 0.496 e. The summed E-state index contributed by atoms with van der Waals surface area (Å²) >= 11 is 1.47. The number of carbonyl (C=O) groups is 1. The van der Waals surface area contributed by atoms with Crippen LogP contribution >= 0.6 is 11.3 Å². The molecule has 0 aliphatic heterocycles. The molecule has 158 valence electrons. The van der Waals surface area contributed by atoms with Crippen molar-refractivity contribution in [1.82, 2.24) is 4.98 Å². The van der Waals surface area contributed by atoms with Crippen molar-refractivity contribution in [1.29, 1.82) is 0 Å². The molecule has 6 heteroatoms. The van der Waals surface area contributed by atoms with Crippen LogP contribution in [0.5, 0.6) is 5.75 Å². The maximum Gasteiger partial charge on any atom is 0.250 e. The van der Waals surface area contributed by atoms with E-state index in [1.54, 1.807) is 13.2 Å². The van der Waals surface area contributed by atoms with Crippen molar-refractivity contribution < 1.29 is 13.9 Å². The van der Waals surface area contributed by atoms with Gasteiger partial charge < -0.3 is 9.15 Å². The molecule has 0 radical (unpaired) electrons. The highest BCUT2D eigenvalue weighted by molar-refractivity contribution is 7.22. The average Bonchev–Trinajstić information content (AvgIpc) is 3.34. The van der Waals surface area contributed by atoms with E-state index in [2.05, 4.69) is 16.4 Å². The van der Waals surface area contributed by atoms with Gasteiger partial charge in [-0.15, -0.1) is 0 Å². The van der Waals surface area contributed by atoms with Crippen LogP contribution in [0.1, 0.15) is 42.2 Å². The number of aryl methyl sites for hydroxylation is 3. The smallest absolute Gasteiger partial charge is 0.250 e. The SMILES string of the molecule is COc1c(/C(C)=C/C(=O)Nc2nc3ccccc3s2)cc2c3c(oc2c1C)CCCC3. The zero-order chi connectivity index (χ0) is 21.5. The Morgan fingerprint density at radius 1 is 1.26 bits per heavy atom. The Balaban J connectivity index is 1.50. The summed E-state index contributed by atoms with van der Waals surface area (Å²) in [5.74, 6) is 1.64. The Kier molecular flexibility index (Phi) is 5.02. The van der Waals surface area contributed by atoms with Crippen LogP contribution in [-0.4, -0.2) is 18.0 Å². The lowest BCUT2D eigenvalue weighted by atomic mass is 9.93. The van der Waals surface area contributed by atoms with Crippen LogP contribution in [0.4, 0.5) is 5.13 Å². The molecule has 1 aliphatic carbocycles. The minimum absolute atomic E-state index is 0.203. The zero-order valence-electron chi connectivity index (χ0n) is 17.9. The summed E-state index contributed by atoms with van der Waals surface area (Å²) in [5, 5.41) is 4.64. The van der Waals surface area contributed by atoms with Gasteiger partial charge in [-0.25, -0.2) is 4.98 Å². The van der Waals surface area contributed by atoms with Gasteiger partial charge in [0.05, 0.1) is 17.3 Å². The summed E-state index contributed by atoms with van der Waals surface area (Å²) in [6.45, 7) is 3.96. The predicted octanol–water partition coefficient (Wildman–Crippen LogP) is 6.28. The molecule has 0 saturated heterocycles. The summed E-state index contributed by atoms with van der Waals surface area (Å²) < 4.78 is 13.0. The Morgan fingerprint density at radius 2 is 2.06 bits per heavy atom. The van der Waals surface area contributed by atoms with Gasteiger partial charge in [0.1, 0.15) is 17.1 Å². The van der Waals surface area contributed by atoms with Crippen molar-refractivity contribution in [2.24, 2.45) is 0 Å². The third kappa shape index (κ3) is 3.51. The number of carbonyl (C=O) groups excluding carboxylic acids is 1. The number of ether oxygens (including phenoxy) is 1. The number of hydrogen-bond donors (Lipinski definition) is 1. The van der Waals surface area contributed by atoms with Gasteiger partial charge in [0, 0.05) is 34.6 Å². The molecule has 0 bridgehead atoms. The van der Waals surface area contributed by atoms with Crippen LogP contribution in [0.25, 0.3) is 26.8 Å². The zero-order valence-corrected chi connectivity index (χ0v) is 18.7. The number of aromatic nitrogens is 1. The number of thiazole rings is 1. The number of nitrogens with one attached hydrogen (secondary N) is 1. The molecular weight excluding hydrogens is 408 g/mol. The maximum absolute atomic E-state index is 12.7. The maximum atomic E-state index is 12.7.